The van der Waals surface area contributed by atoms with E-state index in [1.54, 1.807) is 0 Å². The van der Waals surface area contributed by atoms with Crippen molar-refractivity contribution in [2.24, 2.45) is 0 Å². The van der Waals surface area contributed by atoms with Crippen LogP contribution in [0.1, 0.15) is 39.0 Å². The molecule has 1 saturated carbocycles. The Hall–Kier alpha value is -0.300. The van der Waals surface area contributed by atoms with Gasteiger partial charge in [0.25, 0.3) is 0 Å². The molecule has 0 bridgehead atoms. The molecule has 1 rings (SSSR count). The molecule has 58 valence electrons. The first-order valence-electron chi connectivity index (χ1n) is 3.99. The molecule has 0 aromatic heterocycles. The fourth-order valence-corrected chi connectivity index (χ4v) is 1.42. The summed E-state index contributed by atoms with van der Waals surface area (Å²) in [4.78, 5) is 0. The SMILES string of the molecule is C=C1CCCC(C)(O)CC1. The maximum atomic E-state index is 9.63. The lowest BCUT2D eigenvalue weighted by atomic mass is 9.97. The molecule has 1 fully saturated rings. The van der Waals surface area contributed by atoms with Crippen LogP contribution in [-0.4, -0.2) is 10.7 Å². The third kappa shape index (κ3) is 2.14. The van der Waals surface area contributed by atoms with E-state index in [0.717, 1.165) is 32.1 Å². The molecule has 0 aromatic rings. The highest BCUT2D eigenvalue weighted by atomic mass is 16.3. The normalized spacial score (nSPS) is 35.6. The van der Waals surface area contributed by atoms with Gasteiger partial charge in [0.05, 0.1) is 5.60 Å². The number of allylic oxidation sites excluding steroid dienone is 1. The molecule has 1 N–H and O–H groups in total. The smallest absolute Gasteiger partial charge is 0.0623 e. The second kappa shape index (κ2) is 2.75. The molecule has 0 aromatic carbocycles. The summed E-state index contributed by atoms with van der Waals surface area (Å²) < 4.78 is 0. The van der Waals surface area contributed by atoms with E-state index in [-0.39, 0.29) is 0 Å². The van der Waals surface area contributed by atoms with Crippen LogP contribution in [0.2, 0.25) is 0 Å². The van der Waals surface area contributed by atoms with Gasteiger partial charge in [-0.15, -0.1) is 0 Å². The average Bonchev–Trinajstić information content (AvgIpc) is 1.94. The summed E-state index contributed by atoms with van der Waals surface area (Å²) in [7, 11) is 0. The molecule has 1 heteroatoms. The molecule has 1 aliphatic carbocycles. The summed E-state index contributed by atoms with van der Waals surface area (Å²) in [5, 5.41) is 9.63. The van der Waals surface area contributed by atoms with E-state index in [1.165, 1.54) is 5.57 Å². The van der Waals surface area contributed by atoms with Gasteiger partial charge >= 0.3 is 0 Å². The van der Waals surface area contributed by atoms with Crippen molar-refractivity contribution < 1.29 is 5.11 Å². The van der Waals surface area contributed by atoms with Gasteiger partial charge in [-0.2, -0.15) is 0 Å². The van der Waals surface area contributed by atoms with Crippen molar-refractivity contribution in [3.05, 3.63) is 12.2 Å². The fourth-order valence-electron chi connectivity index (χ4n) is 1.42. The van der Waals surface area contributed by atoms with E-state index in [2.05, 4.69) is 6.58 Å². The minimum Gasteiger partial charge on any atom is -0.390 e. The van der Waals surface area contributed by atoms with Crippen LogP contribution in [0, 0.1) is 0 Å². The van der Waals surface area contributed by atoms with Crippen LogP contribution in [0.5, 0.6) is 0 Å². The van der Waals surface area contributed by atoms with Gasteiger partial charge in [-0.25, -0.2) is 0 Å². The van der Waals surface area contributed by atoms with E-state index >= 15 is 0 Å². The average molecular weight is 140 g/mol. The Morgan fingerprint density at radius 1 is 1.40 bits per heavy atom. The zero-order valence-corrected chi connectivity index (χ0v) is 6.69. The second-order valence-electron chi connectivity index (χ2n) is 3.60. The van der Waals surface area contributed by atoms with Crippen molar-refractivity contribution in [3.63, 3.8) is 0 Å². The summed E-state index contributed by atoms with van der Waals surface area (Å²) >= 11 is 0. The third-order valence-electron chi connectivity index (χ3n) is 2.26. The molecule has 1 atom stereocenters. The lowest BCUT2D eigenvalue weighted by Crippen LogP contribution is -2.21. The molecule has 1 nitrogen and oxygen atoms in total. The molecule has 0 heterocycles. The predicted molar refractivity (Wildman–Crippen MR) is 42.8 cm³/mol. The van der Waals surface area contributed by atoms with Crippen LogP contribution in [0.15, 0.2) is 12.2 Å². The Kier molecular flexibility index (Phi) is 2.14. The minimum atomic E-state index is -0.417. The molecule has 0 aliphatic heterocycles. The van der Waals surface area contributed by atoms with E-state index < -0.39 is 5.60 Å². The Morgan fingerprint density at radius 3 is 2.80 bits per heavy atom. The van der Waals surface area contributed by atoms with Gasteiger partial charge in [0.1, 0.15) is 0 Å². The first kappa shape index (κ1) is 7.80. The van der Waals surface area contributed by atoms with Gasteiger partial charge < -0.3 is 5.11 Å². The van der Waals surface area contributed by atoms with Crippen LogP contribution < -0.4 is 0 Å². The van der Waals surface area contributed by atoms with Gasteiger partial charge in [0, 0.05) is 0 Å². The molecule has 0 saturated heterocycles. The lowest BCUT2D eigenvalue weighted by molar-refractivity contribution is 0.0451. The summed E-state index contributed by atoms with van der Waals surface area (Å²) in [6.45, 7) is 5.85. The van der Waals surface area contributed by atoms with Gasteiger partial charge in [-0.05, 0) is 39.0 Å². The van der Waals surface area contributed by atoms with Crippen LogP contribution in [0.4, 0.5) is 0 Å². The van der Waals surface area contributed by atoms with E-state index in [9.17, 15) is 5.11 Å². The van der Waals surface area contributed by atoms with Crippen molar-refractivity contribution in [3.8, 4) is 0 Å². The Labute approximate surface area is 62.8 Å². The summed E-state index contributed by atoms with van der Waals surface area (Å²) in [5.74, 6) is 0. The lowest BCUT2D eigenvalue weighted by Gasteiger charge is -2.19. The van der Waals surface area contributed by atoms with Crippen molar-refractivity contribution in [1.82, 2.24) is 0 Å². The Morgan fingerprint density at radius 2 is 2.10 bits per heavy atom. The topological polar surface area (TPSA) is 20.2 Å². The van der Waals surface area contributed by atoms with Crippen LogP contribution in [0.25, 0.3) is 0 Å². The highest BCUT2D eigenvalue weighted by molar-refractivity contribution is 4.98. The second-order valence-corrected chi connectivity index (χ2v) is 3.60. The molecule has 1 aliphatic rings. The van der Waals surface area contributed by atoms with Gasteiger partial charge in [0.2, 0.25) is 0 Å². The zero-order chi connectivity index (χ0) is 7.61. The van der Waals surface area contributed by atoms with E-state index in [4.69, 9.17) is 0 Å². The highest BCUT2D eigenvalue weighted by Gasteiger charge is 2.22. The van der Waals surface area contributed by atoms with Crippen molar-refractivity contribution >= 4 is 0 Å². The van der Waals surface area contributed by atoms with Crippen molar-refractivity contribution in [2.75, 3.05) is 0 Å². The predicted octanol–water partition coefficient (Wildman–Crippen LogP) is 2.26. The molecular weight excluding hydrogens is 124 g/mol. The summed E-state index contributed by atoms with van der Waals surface area (Å²) in [5.41, 5.74) is 0.886. The maximum absolute atomic E-state index is 9.63. The number of rotatable bonds is 0. The van der Waals surface area contributed by atoms with Crippen molar-refractivity contribution in [2.45, 2.75) is 44.6 Å². The highest BCUT2D eigenvalue weighted by Crippen LogP contribution is 2.28. The van der Waals surface area contributed by atoms with Crippen LogP contribution in [-0.2, 0) is 0 Å². The van der Waals surface area contributed by atoms with E-state index in [1.807, 2.05) is 6.92 Å². The van der Waals surface area contributed by atoms with Crippen LogP contribution >= 0.6 is 0 Å². The first-order chi connectivity index (χ1) is 4.60. The maximum Gasteiger partial charge on any atom is 0.0623 e. The monoisotopic (exact) mass is 140 g/mol. The van der Waals surface area contributed by atoms with Crippen molar-refractivity contribution in [1.29, 1.82) is 0 Å². The number of hydrogen-bond acceptors (Lipinski definition) is 1. The summed E-state index contributed by atoms with van der Waals surface area (Å²) in [6.07, 6.45) is 5.05. The number of hydrogen-bond donors (Lipinski definition) is 1. The Bertz CT molecular complexity index is 136. The van der Waals surface area contributed by atoms with Crippen LogP contribution in [0.3, 0.4) is 0 Å². The fraction of sp³-hybridized carbons (Fsp3) is 0.778. The van der Waals surface area contributed by atoms with Gasteiger partial charge in [0.15, 0.2) is 0 Å². The van der Waals surface area contributed by atoms with Gasteiger partial charge in [-0.3, -0.25) is 0 Å². The standard InChI is InChI=1S/C9H16O/c1-8-4-3-6-9(2,10)7-5-8/h10H,1,3-7H2,2H3. The number of aliphatic hydroxyl groups is 1. The molecule has 0 amide bonds. The quantitative estimate of drug-likeness (QED) is 0.404. The molecular formula is C9H16O. The third-order valence-corrected chi connectivity index (χ3v) is 2.26. The summed E-state index contributed by atoms with van der Waals surface area (Å²) in [6, 6.07) is 0. The molecule has 0 spiro atoms. The molecule has 1 unspecified atom stereocenters. The zero-order valence-electron chi connectivity index (χ0n) is 6.69. The molecule has 0 radical (unpaired) electrons. The minimum absolute atomic E-state index is 0.417. The Balaban J connectivity index is 2.48. The van der Waals surface area contributed by atoms with Gasteiger partial charge in [-0.1, -0.05) is 12.2 Å². The first-order valence-corrected chi connectivity index (χ1v) is 3.99. The van der Waals surface area contributed by atoms with E-state index in [0.29, 0.717) is 0 Å². The molecule has 10 heavy (non-hydrogen) atoms. The largest absolute Gasteiger partial charge is 0.390 e.